The number of carboxylic acid groups (broad SMARTS) is 1. The van der Waals surface area contributed by atoms with Gasteiger partial charge in [0.25, 0.3) is 5.91 Å². The zero-order valence-corrected chi connectivity index (χ0v) is 15.7. The first-order valence-electron chi connectivity index (χ1n) is 9.22. The van der Waals surface area contributed by atoms with E-state index in [1.54, 1.807) is 60.7 Å². The third-order valence-corrected chi connectivity index (χ3v) is 4.98. The molecule has 0 spiro atoms. The first-order chi connectivity index (χ1) is 14.5. The first-order valence-corrected chi connectivity index (χ1v) is 9.22. The van der Waals surface area contributed by atoms with Crippen molar-refractivity contribution in [3.63, 3.8) is 0 Å². The molecule has 30 heavy (non-hydrogen) atoms. The van der Waals surface area contributed by atoms with E-state index >= 15 is 0 Å². The molecule has 6 heteroatoms. The monoisotopic (exact) mass is 398 g/mol. The summed E-state index contributed by atoms with van der Waals surface area (Å²) in [5.74, 6) is -3.30. The normalized spacial score (nSPS) is 17.9. The van der Waals surface area contributed by atoms with Gasteiger partial charge in [-0.25, -0.2) is 4.79 Å². The fraction of sp³-hybridized carbons (Fsp3) is 0.0417. The number of nitrogens with zero attached hydrogens (tertiary/aromatic N) is 1. The van der Waals surface area contributed by atoms with Gasteiger partial charge < -0.3 is 10.2 Å². The van der Waals surface area contributed by atoms with E-state index in [0.717, 1.165) is 0 Å². The molecule has 1 fully saturated rings. The Bertz CT molecular complexity index is 1150. The van der Waals surface area contributed by atoms with Crippen molar-refractivity contribution in [1.29, 1.82) is 0 Å². The van der Waals surface area contributed by atoms with Gasteiger partial charge in [0, 0.05) is 11.3 Å². The molecule has 0 aliphatic carbocycles. The van der Waals surface area contributed by atoms with E-state index in [9.17, 15) is 19.5 Å². The van der Waals surface area contributed by atoms with Crippen LogP contribution < -0.4 is 10.0 Å². The number of benzene rings is 3. The van der Waals surface area contributed by atoms with Crippen LogP contribution in [0.3, 0.4) is 0 Å². The lowest BCUT2D eigenvalue weighted by Gasteiger charge is -2.27. The van der Waals surface area contributed by atoms with Gasteiger partial charge in [-0.2, -0.15) is 0 Å². The van der Waals surface area contributed by atoms with Gasteiger partial charge in [-0.05, 0) is 35.4 Å². The second-order valence-electron chi connectivity index (χ2n) is 6.78. The molecule has 0 radical (unpaired) electrons. The van der Waals surface area contributed by atoms with E-state index in [1.807, 2.05) is 0 Å². The number of carbonyl (C=O) groups is 3. The summed E-state index contributed by atoms with van der Waals surface area (Å²) in [6.07, 6.45) is 0. The molecule has 1 N–H and O–H groups in total. The molecule has 3 aromatic rings. The zero-order valence-electron chi connectivity index (χ0n) is 15.7. The summed E-state index contributed by atoms with van der Waals surface area (Å²) >= 11 is 0. The van der Waals surface area contributed by atoms with Gasteiger partial charge >= 0.3 is 5.97 Å². The van der Waals surface area contributed by atoms with E-state index in [1.165, 1.54) is 29.2 Å². The van der Waals surface area contributed by atoms with E-state index < -0.39 is 29.5 Å². The number of carboxylic acids is 1. The molecule has 0 aromatic heterocycles. The molecule has 0 unspecified atom stereocenters. The van der Waals surface area contributed by atoms with Crippen molar-refractivity contribution in [2.45, 2.75) is 6.04 Å². The molecular formula is C24H16NO5-. The Balaban J connectivity index is 1.91. The zero-order chi connectivity index (χ0) is 21.3. The number of rotatable bonds is 4. The molecule has 148 valence electrons. The highest BCUT2D eigenvalue weighted by Gasteiger charge is 2.45. The van der Waals surface area contributed by atoms with Gasteiger partial charge in [-0.1, -0.05) is 66.4 Å². The van der Waals surface area contributed by atoms with Gasteiger partial charge in [-0.3, -0.25) is 14.5 Å². The maximum absolute atomic E-state index is 13.2. The minimum Gasteiger partial charge on any atom is -0.872 e. The number of Topliss-reactive ketones (excluding diaryl/α,β-unsaturated/α-hetero) is 1. The Morgan fingerprint density at radius 2 is 1.37 bits per heavy atom. The molecule has 3 aromatic carbocycles. The second-order valence-corrected chi connectivity index (χ2v) is 6.78. The van der Waals surface area contributed by atoms with Crippen LogP contribution in [0.1, 0.15) is 27.5 Å². The molecule has 1 saturated heterocycles. The van der Waals surface area contributed by atoms with Crippen molar-refractivity contribution in [3.05, 3.63) is 107 Å². The number of anilines is 1. The van der Waals surface area contributed by atoms with Crippen molar-refractivity contribution in [2.75, 3.05) is 4.90 Å². The maximum atomic E-state index is 13.2. The summed E-state index contributed by atoms with van der Waals surface area (Å²) in [6, 6.07) is 21.9. The van der Waals surface area contributed by atoms with Crippen LogP contribution in [0.5, 0.6) is 0 Å². The van der Waals surface area contributed by atoms with Gasteiger partial charge in [0.05, 0.1) is 11.6 Å². The van der Waals surface area contributed by atoms with Crippen LogP contribution in [0.25, 0.3) is 5.76 Å². The Kier molecular flexibility index (Phi) is 4.90. The fourth-order valence-corrected chi connectivity index (χ4v) is 3.55. The lowest BCUT2D eigenvalue weighted by Crippen LogP contribution is -2.29. The van der Waals surface area contributed by atoms with E-state index in [-0.39, 0.29) is 11.1 Å². The lowest BCUT2D eigenvalue weighted by atomic mass is 9.95. The number of ketones is 1. The summed E-state index contributed by atoms with van der Waals surface area (Å²) in [5.41, 5.74) is 1.19. The number of amides is 1. The predicted octanol–water partition coefficient (Wildman–Crippen LogP) is 2.81. The largest absolute Gasteiger partial charge is 0.872 e. The highest BCUT2D eigenvalue weighted by molar-refractivity contribution is 6.51. The molecule has 0 saturated carbocycles. The standard InChI is InChI=1S/C24H17NO5/c26-21(16-9-5-2-6-10-16)19-20(15-7-3-1-4-8-15)25(23(28)22(19)27)18-13-11-17(12-14-18)24(29)30/h1-14,20,26H,(H,29,30)/p-1/t20-/m0/s1. The Hall–Kier alpha value is -4.19. The topological polar surface area (TPSA) is 97.7 Å². The SMILES string of the molecule is O=C1C(=O)N(c2ccc(C(=O)O)cc2)[C@@H](c2ccccc2)C1=C([O-])c1ccccc1. The van der Waals surface area contributed by atoms with Crippen LogP contribution in [-0.2, 0) is 9.59 Å². The quantitative estimate of drug-likeness (QED) is 0.414. The molecular weight excluding hydrogens is 382 g/mol. The third-order valence-electron chi connectivity index (χ3n) is 4.98. The average Bonchev–Trinajstić information content (AvgIpc) is 3.05. The number of aromatic carboxylic acids is 1. The predicted molar refractivity (Wildman–Crippen MR) is 108 cm³/mol. The van der Waals surface area contributed by atoms with Crippen molar-refractivity contribution < 1.29 is 24.6 Å². The molecule has 1 aliphatic heterocycles. The van der Waals surface area contributed by atoms with E-state index in [0.29, 0.717) is 16.8 Å². The second kappa shape index (κ2) is 7.67. The summed E-state index contributed by atoms with van der Waals surface area (Å²) in [7, 11) is 0. The fourth-order valence-electron chi connectivity index (χ4n) is 3.55. The van der Waals surface area contributed by atoms with Crippen molar-refractivity contribution >= 4 is 29.1 Å². The van der Waals surface area contributed by atoms with E-state index in [2.05, 4.69) is 0 Å². The van der Waals surface area contributed by atoms with Crippen LogP contribution >= 0.6 is 0 Å². The minimum absolute atomic E-state index is 0.0533. The minimum atomic E-state index is -1.10. The third kappa shape index (κ3) is 3.24. The van der Waals surface area contributed by atoms with Crippen molar-refractivity contribution in [3.8, 4) is 0 Å². The van der Waals surface area contributed by atoms with Crippen LogP contribution in [-0.4, -0.2) is 22.8 Å². The number of hydrogen-bond donors (Lipinski definition) is 1. The molecule has 4 rings (SSSR count). The molecule has 6 nitrogen and oxygen atoms in total. The number of hydrogen-bond acceptors (Lipinski definition) is 4. The Labute approximate surface area is 172 Å². The van der Waals surface area contributed by atoms with Crippen LogP contribution in [0.2, 0.25) is 0 Å². The van der Waals surface area contributed by atoms with Crippen LogP contribution in [0, 0.1) is 0 Å². The van der Waals surface area contributed by atoms with Crippen molar-refractivity contribution in [2.24, 2.45) is 0 Å². The highest BCUT2D eigenvalue weighted by atomic mass is 16.4. The van der Waals surface area contributed by atoms with Crippen LogP contribution in [0.4, 0.5) is 5.69 Å². The van der Waals surface area contributed by atoms with E-state index in [4.69, 9.17) is 5.11 Å². The summed E-state index contributed by atoms with van der Waals surface area (Å²) in [6.45, 7) is 0. The summed E-state index contributed by atoms with van der Waals surface area (Å²) in [5, 5.41) is 22.3. The van der Waals surface area contributed by atoms with Gasteiger partial charge in [0.1, 0.15) is 0 Å². The summed E-state index contributed by atoms with van der Waals surface area (Å²) in [4.78, 5) is 38.3. The summed E-state index contributed by atoms with van der Waals surface area (Å²) < 4.78 is 0. The lowest BCUT2D eigenvalue weighted by molar-refractivity contribution is -0.245. The van der Waals surface area contributed by atoms with Crippen LogP contribution in [0.15, 0.2) is 90.5 Å². The van der Waals surface area contributed by atoms with Crippen molar-refractivity contribution in [1.82, 2.24) is 0 Å². The molecule has 0 bridgehead atoms. The molecule has 1 heterocycles. The highest BCUT2D eigenvalue weighted by Crippen LogP contribution is 2.41. The molecule has 1 aliphatic rings. The van der Waals surface area contributed by atoms with Gasteiger partial charge in [0.15, 0.2) is 0 Å². The van der Waals surface area contributed by atoms with Gasteiger partial charge in [-0.15, -0.1) is 0 Å². The Morgan fingerprint density at radius 1 is 0.800 bits per heavy atom. The average molecular weight is 398 g/mol. The Morgan fingerprint density at radius 3 is 1.93 bits per heavy atom. The van der Waals surface area contributed by atoms with Gasteiger partial charge in [0.2, 0.25) is 5.78 Å². The smallest absolute Gasteiger partial charge is 0.335 e. The molecule has 1 amide bonds. The number of carbonyl (C=O) groups excluding carboxylic acids is 2. The maximum Gasteiger partial charge on any atom is 0.335 e. The first kappa shape index (κ1) is 19.1. The molecule has 1 atom stereocenters.